The molecule has 0 atom stereocenters. The molecule has 8 nitrogen and oxygen atoms in total. The van der Waals surface area contributed by atoms with Crippen molar-refractivity contribution in [2.24, 2.45) is 0 Å². The molecule has 0 bridgehead atoms. The van der Waals surface area contributed by atoms with Crippen LogP contribution in [0.25, 0.3) is 6.08 Å². The monoisotopic (exact) mass is 473 g/mol. The van der Waals surface area contributed by atoms with E-state index in [1.807, 2.05) is 19.9 Å². The van der Waals surface area contributed by atoms with Crippen molar-refractivity contribution >= 4 is 39.3 Å². The summed E-state index contributed by atoms with van der Waals surface area (Å²) in [4.78, 5) is 22.8. The Morgan fingerprint density at radius 2 is 2.00 bits per heavy atom. The van der Waals surface area contributed by atoms with Crippen LogP contribution in [0.5, 0.6) is 11.5 Å². The zero-order valence-corrected chi connectivity index (χ0v) is 18.1. The van der Waals surface area contributed by atoms with E-state index in [1.54, 1.807) is 12.1 Å². The Labute approximate surface area is 182 Å². The SMILES string of the molecule is CCCOc1cc(Br)c(C=C(C#N)C(=O)Nc2cccc([N+](=O)[O-])c2)cc1OCC. The smallest absolute Gasteiger partial charge is 0.271 e. The number of amides is 1. The van der Waals surface area contributed by atoms with E-state index in [0.29, 0.717) is 34.7 Å². The third-order valence-corrected chi connectivity index (χ3v) is 4.49. The summed E-state index contributed by atoms with van der Waals surface area (Å²) in [5, 5.41) is 22.8. The van der Waals surface area contributed by atoms with E-state index in [-0.39, 0.29) is 16.9 Å². The van der Waals surface area contributed by atoms with Crippen LogP contribution in [-0.2, 0) is 4.79 Å². The quantitative estimate of drug-likeness (QED) is 0.234. The van der Waals surface area contributed by atoms with E-state index in [4.69, 9.17) is 9.47 Å². The first kappa shape index (κ1) is 22.9. The maximum atomic E-state index is 12.5. The molecule has 0 saturated heterocycles. The average molecular weight is 474 g/mol. The van der Waals surface area contributed by atoms with Crippen molar-refractivity contribution < 1.29 is 19.2 Å². The van der Waals surface area contributed by atoms with E-state index in [2.05, 4.69) is 21.2 Å². The molecule has 0 fully saturated rings. The van der Waals surface area contributed by atoms with Gasteiger partial charge in [-0.3, -0.25) is 14.9 Å². The normalized spacial score (nSPS) is 10.8. The molecule has 0 aliphatic carbocycles. The molecule has 156 valence electrons. The highest BCUT2D eigenvalue weighted by molar-refractivity contribution is 9.10. The largest absolute Gasteiger partial charge is 0.490 e. The van der Waals surface area contributed by atoms with E-state index in [9.17, 15) is 20.2 Å². The number of carbonyl (C=O) groups is 1. The molecule has 0 radical (unpaired) electrons. The highest BCUT2D eigenvalue weighted by Crippen LogP contribution is 2.35. The number of halogens is 1. The Morgan fingerprint density at radius 1 is 1.27 bits per heavy atom. The summed E-state index contributed by atoms with van der Waals surface area (Å²) in [5.41, 5.74) is 0.426. The van der Waals surface area contributed by atoms with Gasteiger partial charge in [0, 0.05) is 22.3 Å². The first-order chi connectivity index (χ1) is 14.4. The van der Waals surface area contributed by atoms with Crippen molar-refractivity contribution in [1.29, 1.82) is 5.26 Å². The van der Waals surface area contributed by atoms with Crippen molar-refractivity contribution in [2.75, 3.05) is 18.5 Å². The van der Waals surface area contributed by atoms with Gasteiger partial charge in [0.1, 0.15) is 11.6 Å². The molecule has 1 amide bonds. The van der Waals surface area contributed by atoms with Crippen molar-refractivity contribution in [3.63, 3.8) is 0 Å². The minimum Gasteiger partial charge on any atom is -0.490 e. The Kier molecular flexibility index (Phi) is 8.38. The number of nitrogens with zero attached hydrogens (tertiary/aromatic N) is 2. The van der Waals surface area contributed by atoms with Gasteiger partial charge in [-0.05, 0) is 43.2 Å². The van der Waals surface area contributed by atoms with Crippen molar-refractivity contribution in [3.8, 4) is 17.6 Å². The molecule has 2 rings (SSSR count). The number of benzene rings is 2. The highest BCUT2D eigenvalue weighted by Gasteiger charge is 2.15. The number of hydrogen-bond donors (Lipinski definition) is 1. The second-order valence-corrected chi connectivity index (χ2v) is 6.89. The minimum atomic E-state index is -0.686. The maximum Gasteiger partial charge on any atom is 0.271 e. The van der Waals surface area contributed by atoms with E-state index < -0.39 is 10.8 Å². The predicted octanol–water partition coefficient (Wildman–Crippen LogP) is 5.09. The molecule has 0 heterocycles. The van der Waals surface area contributed by atoms with Gasteiger partial charge in [-0.15, -0.1) is 0 Å². The number of ether oxygens (including phenoxy) is 2. The fraction of sp³-hybridized carbons (Fsp3) is 0.238. The van der Waals surface area contributed by atoms with Crippen LogP contribution in [0.2, 0.25) is 0 Å². The topological polar surface area (TPSA) is 114 Å². The van der Waals surface area contributed by atoms with Gasteiger partial charge in [0.05, 0.1) is 18.1 Å². The summed E-state index contributed by atoms with van der Waals surface area (Å²) >= 11 is 3.43. The van der Waals surface area contributed by atoms with Gasteiger partial charge >= 0.3 is 0 Å². The van der Waals surface area contributed by atoms with E-state index in [1.165, 1.54) is 30.3 Å². The first-order valence-corrected chi connectivity index (χ1v) is 9.95. The number of carbonyl (C=O) groups excluding carboxylic acids is 1. The number of nitro benzene ring substituents is 1. The second kappa shape index (κ2) is 11.0. The van der Waals surface area contributed by atoms with Crippen LogP contribution in [-0.4, -0.2) is 24.0 Å². The maximum absolute atomic E-state index is 12.5. The molecule has 2 aromatic rings. The lowest BCUT2D eigenvalue weighted by Crippen LogP contribution is -2.13. The van der Waals surface area contributed by atoms with Gasteiger partial charge in [0.15, 0.2) is 11.5 Å². The minimum absolute atomic E-state index is 0.165. The van der Waals surface area contributed by atoms with Gasteiger partial charge < -0.3 is 14.8 Å². The fourth-order valence-corrected chi connectivity index (χ4v) is 2.89. The predicted molar refractivity (Wildman–Crippen MR) is 116 cm³/mol. The summed E-state index contributed by atoms with van der Waals surface area (Å²) in [7, 11) is 0. The summed E-state index contributed by atoms with van der Waals surface area (Å²) in [6.07, 6.45) is 2.24. The molecule has 0 aliphatic rings. The Morgan fingerprint density at radius 3 is 2.63 bits per heavy atom. The molecule has 0 aromatic heterocycles. The lowest BCUT2D eigenvalue weighted by molar-refractivity contribution is -0.384. The second-order valence-electron chi connectivity index (χ2n) is 6.03. The van der Waals surface area contributed by atoms with Gasteiger partial charge in [0.25, 0.3) is 11.6 Å². The summed E-state index contributed by atoms with van der Waals surface area (Å²) in [6, 6.07) is 10.7. The number of rotatable bonds is 9. The Hall–Kier alpha value is -3.38. The van der Waals surface area contributed by atoms with Crippen LogP contribution in [0.15, 0.2) is 46.4 Å². The molecular weight excluding hydrogens is 454 g/mol. The zero-order chi connectivity index (χ0) is 22.1. The van der Waals surface area contributed by atoms with E-state index in [0.717, 1.165) is 6.42 Å². The van der Waals surface area contributed by atoms with E-state index >= 15 is 0 Å². The molecule has 0 unspecified atom stereocenters. The average Bonchev–Trinajstić information content (AvgIpc) is 2.72. The van der Waals surface area contributed by atoms with Crippen LogP contribution in [0.4, 0.5) is 11.4 Å². The van der Waals surface area contributed by atoms with Crippen molar-refractivity contribution in [3.05, 3.63) is 62.1 Å². The lowest BCUT2D eigenvalue weighted by Gasteiger charge is -2.13. The van der Waals surface area contributed by atoms with Crippen molar-refractivity contribution in [1.82, 2.24) is 0 Å². The number of non-ortho nitro benzene ring substituents is 1. The number of nitriles is 1. The lowest BCUT2D eigenvalue weighted by atomic mass is 10.1. The third-order valence-electron chi connectivity index (χ3n) is 3.80. The van der Waals surface area contributed by atoms with Crippen LogP contribution >= 0.6 is 15.9 Å². The Balaban J connectivity index is 2.33. The summed E-state index contributed by atoms with van der Waals surface area (Å²) < 4.78 is 11.9. The number of hydrogen-bond acceptors (Lipinski definition) is 6. The molecule has 0 spiro atoms. The molecule has 0 aliphatic heterocycles. The molecule has 9 heteroatoms. The summed E-state index contributed by atoms with van der Waals surface area (Å²) in [5.74, 6) is 0.369. The van der Waals surface area contributed by atoms with Gasteiger partial charge in [-0.2, -0.15) is 5.26 Å². The summed E-state index contributed by atoms with van der Waals surface area (Å²) in [6.45, 7) is 4.78. The van der Waals surface area contributed by atoms with Gasteiger partial charge in [-0.25, -0.2) is 0 Å². The van der Waals surface area contributed by atoms with Crippen LogP contribution in [0.1, 0.15) is 25.8 Å². The first-order valence-electron chi connectivity index (χ1n) is 9.16. The highest BCUT2D eigenvalue weighted by atomic mass is 79.9. The fourth-order valence-electron chi connectivity index (χ4n) is 2.45. The number of anilines is 1. The van der Waals surface area contributed by atoms with Crippen LogP contribution < -0.4 is 14.8 Å². The van der Waals surface area contributed by atoms with Crippen molar-refractivity contribution in [2.45, 2.75) is 20.3 Å². The van der Waals surface area contributed by atoms with Gasteiger partial charge in [-0.1, -0.05) is 28.9 Å². The Bertz CT molecular complexity index is 1010. The molecule has 1 N–H and O–H groups in total. The number of nitrogens with one attached hydrogen (secondary N) is 1. The van der Waals surface area contributed by atoms with Gasteiger partial charge in [0.2, 0.25) is 0 Å². The molecule has 30 heavy (non-hydrogen) atoms. The van der Waals surface area contributed by atoms with Crippen LogP contribution in [0.3, 0.4) is 0 Å². The molecular formula is C21H20BrN3O5. The third kappa shape index (κ3) is 6.06. The zero-order valence-electron chi connectivity index (χ0n) is 16.5. The van der Waals surface area contributed by atoms with Crippen LogP contribution in [0, 0.1) is 21.4 Å². The standard InChI is InChI=1S/C21H20BrN3O5/c1-3-8-30-20-12-18(22)14(10-19(20)29-4-2)9-15(13-23)21(26)24-16-6-5-7-17(11-16)25(27)28/h5-7,9-12H,3-4,8H2,1-2H3,(H,24,26). The number of nitro groups is 1. The molecule has 0 saturated carbocycles. The molecule has 2 aromatic carbocycles.